The van der Waals surface area contributed by atoms with Gasteiger partial charge in [-0.2, -0.15) is 14.6 Å². The topological polar surface area (TPSA) is 60.9 Å². The summed E-state index contributed by atoms with van der Waals surface area (Å²) >= 11 is 0. The summed E-state index contributed by atoms with van der Waals surface area (Å²) < 4.78 is 3.74. The number of rotatable bonds is 1. The second kappa shape index (κ2) is 3.61. The van der Waals surface area contributed by atoms with Crippen LogP contribution in [0.2, 0.25) is 0 Å². The first-order chi connectivity index (χ1) is 9.34. The van der Waals surface area contributed by atoms with Crippen molar-refractivity contribution in [2.24, 2.45) is 7.05 Å². The molecular weight excluding hydrogens is 240 g/mol. The lowest BCUT2D eigenvalue weighted by molar-refractivity contribution is 0.895. The summed E-state index contributed by atoms with van der Waals surface area (Å²) in [7, 11) is 1.99. The van der Waals surface area contributed by atoms with Crippen LogP contribution in [0.1, 0.15) is 0 Å². The molecule has 0 aliphatic rings. The van der Waals surface area contributed by atoms with E-state index < -0.39 is 0 Å². The first kappa shape index (κ1) is 10.2. The van der Waals surface area contributed by atoms with Crippen LogP contribution in [-0.4, -0.2) is 29.1 Å². The van der Waals surface area contributed by atoms with Crippen LogP contribution in [0.25, 0.3) is 28.3 Å². The SMILES string of the molecule is Cn1c(-c2ccnc3ncnn23)nc2ccccc21. The van der Waals surface area contributed by atoms with Crippen molar-refractivity contribution >= 4 is 16.8 Å². The van der Waals surface area contributed by atoms with Crippen molar-refractivity contribution < 1.29 is 0 Å². The normalized spacial score (nSPS) is 11.4. The highest BCUT2D eigenvalue weighted by Gasteiger charge is 2.13. The Morgan fingerprint density at radius 2 is 1.95 bits per heavy atom. The number of nitrogens with zero attached hydrogens (tertiary/aromatic N) is 6. The number of aryl methyl sites for hydroxylation is 1. The molecule has 0 bridgehead atoms. The lowest BCUT2D eigenvalue weighted by Gasteiger charge is -2.03. The minimum atomic E-state index is 0.574. The molecule has 0 aliphatic carbocycles. The van der Waals surface area contributed by atoms with Crippen LogP contribution in [0.4, 0.5) is 0 Å². The number of hydrogen-bond donors (Lipinski definition) is 0. The van der Waals surface area contributed by atoms with Gasteiger partial charge in [-0.05, 0) is 18.2 Å². The van der Waals surface area contributed by atoms with E-state index in [4.69, 9.17) is 0 Å². The second-order valence-electron chi connectivity index (χ2n) is 4.29. The molecule has 92 valence electrons. The van der Waals surface area contributed by atoms with Gasteiger partial charge in [-0.3, -0.25) is 0 Å². The highest BCUT2D eigenvalue weighted by molar-refractivity contribution is 5.79. The molecule has 0 saturated heterocycles. The smallest absolute Gasteiger partial charge is 0.252 e. The van der Waals surface area contributed by atoms with Gasteiger partial charge in [-0.15, -0.1) is 0 Å². The third-order valence-electron chi connectivity index (χ3n) is 3.20. The van der Waals surface area contributed by atoms with Crippen molar-refractivity contribution in [3.8, 4) is 11.5 Å². The van der Waals surface area contributed by atoms with Gasteiger partial charge in [0.25, 0.3) is 5.78 Å². The predicted molar refractivity (Wildman–Crippen MR) is 70.5 cm³/mol. The molecule has 0 aliphatic heterocycles. The van der Waals surface area contributed by atoms with Crippen molar-refractivity contribution in [1.82, 2.24) is 29.1 Å². The van der Waals surface area contributed by atoms with Gasteiger partial charge < -0.3 is 4.57 Å². The van der Waals surface area contributed by atoms with Gasteiger partial charge in [-0.25, -0.2) is 9.97 Å². The van der Waals surface area contributed by atoms with Gasteiger partial charge >= 0.3 is 0 Å². The first-order valence-electron chi connectivity index (χ1n) is 5.91. The van der Waals surface area contributed by atoms with E-state index >= 15 is 0 Å². The molecule has 6 heteroatoms. The van der Waals surface area contributed by atoms with Crippen molar-refractivity contribution in [2.75, 3.05) is 0 Å². The second-order valence-corrected chi connectivity index (χ2v) is 4.29. The van der Waals surface area contributed by atoms with E-state index in [1.165, 1.54) is 6.33 Å². The predicted octanol–water partition coefficient (Wildman–Crippen LogP) is 1.68. The monoisotopic (exact) mass is 250 g/mol. The Morgan fingerprint density at radius 1 is 1.05 bits per heavy atom. The number of imidazole rings is 1. The molecule has 4 rings (SSSR count). The fraction of sp³-hybridized carbons (Fsp3) is 0.0769. The van der Waals surface area contributed by atoms with Crippen LogP contribution in [0.15, 0.2) is 42.9 Å². The molecule has 0 fully saturated rings. The number of aromatic nitrogens is 6. The lowest BCUT2D eigenvalue weighted by Crippen LogP contribution is -2.00. The highest BCUT2D eigenvalue weighted by atomic mass is 15.3. The van der Waals surface area contributed by atoms with Crippen LogP contribution in [-0.2, 0) is 7.05 Å². The van der Waals surface area contributed by atoms with Crippen LogP contribution >= 0.6 is 0 Å². The molecule has 0 amide bonds. The van der Waals surface area contributed by atoms with Gasteiger partial charge in [0.2, 0.25) is 0 Å². The molecule has 3 aromatic heterocycles. The Balaban J connectivity index is 2.09. The van der Waals surface area contributed by atoms with Crippen molar-refractivity contribution in [3.05, 3.63) is 42.9 Å². The zero-order chi connectivity index (χ0) is 12.8. The summed E-state index contributed by atoms with van der Waals surface area (Å²) in [5, 5.41) is 4.20. The lowest BCUT2D eigenvalue weighted by atomic mass is 10.3. The van der Waals surface area contributed by atoms with Crippen LogP contribution in [0.3, 0.4) is 0 Å². The zero-order valence-corrected chi connectivity index (χ0v) is 10.2. The van der Waals surface area contributed by atoms with E-state index in [0.29, 0.717) is 5.78 Å². The average Bonchev–Trinajstić information content (AvgIpc) is 3.04. The maximum absolute atomic E-state index is 4.66. The summed E-state index contributed by atoms with van der Waals surface area (Å²) in [6, 6.07) is 9.93. The fourth-order valence-electron chi connectivity index (χ4n) is 2.28. The molecule has 3 heterocycles. The van der Waals surface area contributed by atoms with E-state index in [2.05, 4.69) is 20.1 Å². The van der Waals surface area contributed by atoms with E-state index in [-0.39, 0.29) is 0 Å². The minimum Gasteiger partial charge on any atom is -0.326 e. The molecule has 4 aromatic rings. The summed E-state index contributed by atoms with van der Waals surface area (Å²) in [5.41, 5.74) is 2.92. The molecule has 0 spiro atoms. The first-order valence-corrected chi connectivity index (χ1v) is 5.91. The van der Waals surface area contributed by atoms with Crippen LogP contribution in [0.5, 0.6) is 0 Å². The molecule has 1 aromatic carbocycles. The maximum atomic E-state index is 4.66. The van der Waals surface area contributed by atoms with Gasteiger partial charge in [-0.1, -0.05) is 12.1 Å². The van der Waals surface area contributed by atoms with Crippen molar-refractivity contribution in [2.45, 2.75) is 0 Å². The van der Waals surface area contributed by atoms with E-state index in [1.54, 1.807) is 10.7 Å². The van der Waals surface area contributed by atoms with Gasteiger partial charge in [0.15, 0.2) is 5.82 Å². The van der Waals surface area contributed by atoms with Crippen molar-refractivity contribution in [3.63, 3.8) is 0 Å². The van der Waals surface area contributed by atoms with Crippen LogP contribution in [0, 0.1) is 0 Å². The minimum absolute atomic E-state index is 0.574. The average molecular weight is 250 g/mol. The van der Waals surface area contributed by atoms with E-state index in [1.807, 2.05) is 41.9 Å². The summed E-state index contributed by atoms with van der Waals surface area (Å²) in [4.78, 5) is 12.9. The quantitative estimate of drug-likeness (QED) is 0.515. The Labute approximate surface area is 108 Å². The van der Waals surface area contributed by atoms with Gasteiger partial charge in [0.1, 0.15) is 12.0 Å². The molecule has 0 saturated carbocycles. The Morgan fingerprint density at radius 3 is 2.84 bits per heavy atom. The van der Waals surface area contributed by atoms with Gasteiger partial charge in [0, 0.05) is 13.2 Å². The third-order valence-corrected chi connectivity index (χ3v) is 3.20. The largest absolute Gasteiger partial charge is 0.326 e. The molecule has 0 radical (unpaired) electrons. The number of hydrogen-bond acceptors (Lipinski definition) is 4. The van der Waals surface area contributed by atoms with Gasteiger partial charge in [0.05, 0.1) is 11.0 Å². The third kappa shape index (κ3) is 1.36. The zero-order valence-electron chi connectivity index (χ0n) is 10.2. The standard InChI is InChI=1S/C13H10N6/c1-18-10-5-3-2-4-9(10)17-12(18)11-6-7-14-13-15-8-16-19(11)13/h2-8H,1H3. The number of benzene rings is 1. The van der Waals surface area contributed by atoms with E-state index in [0.717, 1.165) is 22.6 Å². The van der Waals surface area contributed by atoms with Crippen LogP contribution < -0.4 is 0 Å². The summed E-state index contributed by atoms with van der Waals surface area (Å²) in [6.07, 6.45) is 3.22. The number of para-hydroxylation sites is 2. The molecule has 0 N–H and O–H groups in total. The molecule has 19 heavy (non-hydrogen) atoms. The molecule has 0 atom stereocenters. The van der Waals surface area contributed by atoms with Crippen molar-refractivity contribution in [1.29, 1.82) is 0 Å². The molecule has 0 unspecified atom stereocenters. The maximum Gasteiger partial charge on any atom is 0.252 e. The number of fused-ring (bicyclic) bond motifs is 2. The summed E-state index contributed by atoms with van der Waals surface area (Å²) in [5.74, 6) is 1.42. The van der Waals surface area contributed by atoms with E-state index in [9.17, 15) is 0 Å². The fourth-order valence-corrected chi connectivity index (χ4v) is 2.28. The Kier molecular flexibility index (Phi) is 1.94. The highest BCUT2D eigenvalue weighted by Crippen LogP contribution is 2.22. The molecule has 6 nitrogen and oxygen atoms in total. The Hall–Kier alpha value is -2.76. The summed E-state index contributed by atoms with van der Waals surface area (Å²) in [6.45, 7) is 0. The molecular formula is C13H10N6. The Bertz CT molecular complexity index is 888.